The molecule has 0 aliphatic heterocycles. The van der Waals surface area contributed by atoms with E-state index in [-0.39, 0.29) is 18.0 Å². The molecule has 0 aliphatic rings. The van der Waals surface area contributed by atoms with Gasteiger partial charge in [-0.05, 0) is 30.2 Å². The standard InChI is InChI=1S/C22H17N5O3S2/c1-13-20(29)26(11-14-5-3-2-4-6-14)22(30)27-12-18(31-21(13)27)19(28)23-10-15-7-8-16-17(9-15)25-32-24-16/h2-9,12H,10-11H2,1H3,(H,23,28). The van der Waals surface area contributed by atoms with E-state index in [1.54, 1.807) is 6.92 Å². The second kappa shape index (κ2) is 8.13. The number of aryl methyl sites for hydroxylation is 1. The van der Waals surface area contributed by atoms with Crippen LogP contribution in [-0.4, -0.2) is 23.6 Å². The van der Waals surface area contributed by atoms with Gasteiger partial charge in [0.05, 0.1) is 18.3 Å². The van der Waals surface area contributed by atoms with Gasteiger partial charge in [-0.3, -0.25) is 18.6 Å². The molecule has 3 aromatic heterocycles. The Morgan fingerprint density at radius 3 is 2.62 bits per heavy atom. The molecule has 0 radical (unpaired) electrons. The molecular weight excluding hydrogens is 446 g/mol. The minimum absolute atomic E-state index is 0.174. The van der Waals surface area contributed by atoms with Gasteiger partial charge in [-0.1, -0.05) is 36.4 Å². The van der Waals surface area contributed by atoms with Crippen molar-refractivity contribution in [2.75, 3.05) is 0 Å². The molecule has 0 aliphatic carbocycles. The van der Waals surface area contributed by atoms with E-state index in [9.17, 15) is 14.4 Å². The molecule has 8 nitrogen and oxygen atoms in total. The summed E-state index contributed by atoms with van der Waals surface area (Å²) >= 11 is 2.28. The Bertz CT molecular complexity index is 1580. The second-order valence-corrected chi connectivity index (χ2v) is 8.88. The highest BCUT2D eigenvalue weighted by atomic mass is 32.1. The van der Waals surface area contributed by atoms with E-state index in [0.29, 0.717) is 21.8 Å². The van der Waals surface area contributed by atoms with Crippen molar-refractivity contribution in [1.82, 2.24) is 23.0 Å². The number of hydrogen-bond acceptors (Lipinski definition) is 7. The normalized spacial score (nSPS) is 11.3. The monoisotopic (exact) mass is 463 g/mol. The highest BCUT2D eigenvalue weighted by molar-refractivity contribution is 7.19. The number of nitrogens with one attached hydrogen (secondary N) is 1. The lowest BCUT2D eigenvalue weighted by molar-refractivity contribution is 0.0954. The zero-order valence-corrected chi connectivity index (χ0v) is 18.6. The van der Waals surface area contributed by atoms with Gasteiger partial charge >= 0.3 is 5.69 Å². The average molecular weight is 464 g/mol. The smallest absolute Gasteiger partial charge is 0.336 e. The summed E-state index contributed by atoms with van der Waals surface area (Å²) < 4.78 is 11.0. The van der Waals surface area contributed by atoms with E-state index in [1.165, 1.54) is 15.2 Å². The summed E-state index contributed by atoms with van der Waals surface area (Å²) in [4.78, 5) is 39.4. The van der Waals surface area contributed by atoms with Crippen LogP contribution < -0.4 is 16.6 Å². The predicted molar refractivity (Wildman–Crippen MR) is 125 cm³/mol. The van der Waals surface area contributed by atoms with E-state index in [0.717, 1.165) is 45.2 Å². The average Bonchev–Trinajstić information content (AvgIpc) is 3.47. The summed E-state index contributed by atoms with van der Waals surface area (Å²) in [5.41, 5.74) is 2.99. The first-order valence-electron chi connectivity index (χ1n) is 9.80. The van der Waals surface area contributed by atoms with E-state index in [2.05, 4.69) is 14.1 Å². The second-order valence-electron chi connectivity index (χ2n) is 7.33. The number of rotatable bonds is 5. The summed E-state index contributed by atoms with van der Waals surface area (Å²) in [5, 5.41) is 2.87. The lowest BCUT2D eigenvalue weighted by Gasteiger charge is -2.07. The minimum atomic E-state index is -0.462. The molecule has 0 fully saturated rings. The zero-order valence-electron chi connectivity index (χ0n) is 16.9. The van der Waals surface area contributed by atoms with Gasteiger partial charge in [-0.15, -0.1) is 11.3 Å². The van der Waals surface area contributed by atoms with Crippen molar-refractivity contribution in [3.05, 3.63) is 97.1 Å². The van der Waals surface area contributed by atoms with E-state index < -0.39 is 5.69 Å². The van der Waals surface area contributed by atoms with Crippen LogP contribution in [0, 0.1) is 6.92 Å². The fourth-order valence-corrected chi connectivity index (χ4v) is 5.00. The number of hydrogen-bond donors (Lipinski definition) is 1. The van der Waals surface area contributed by atoms with Gasteiger partial charge in [-0.25, -0.2) is 4.79 Å². The maximum Gasteiger partial charge on any atom is 0.336 e. The third-order valence-corrected chi connectivity index (χ3v) is 6.94. The van der Waals surface area contributed by atoms with Crippen LogP contribution >= 0.6 is 23.1 Å². The first-order valence-corrected chi connectivity index (χ1v) is 11.3. The summed E-state index contributed by atoms with van der Waals surface area (Å²) in [6.07, 6.45) is 1.50. The molecule has 3 heterocycles. The van der Waals surface area contributed by atoms with Gasteiger partial charge in [0.1, 0.15) is 20.7 Å². The molecule has 0 atom stereocenters. The fraction of sp³-hybridized carbons (Fsp3) is 0.136. The van der Waals surface area contributed by atoms with Crippen LogP contribution in [-0.2, 0) is 13.1 Å². The highest BCUT2D eigenvalue weighted by Crippen LogP contribution is 2.19. The van der Waals surface area contributed by atoms with Gasteiger partial charge in [0, 0.05) is 18.3 Å². The van der Waals surface area contributed by atoms with Crippen LogP contribution in [0.4, 0.5) is 0 Å². The lowest BCUT2D eigenvalue weighted by atomic mass is 10.2. The molecular formula is C22H17N5O3S2. The first kappa shape index (κ1) is 20.3. The van der Waals surface area contributed by atoms with Crippen LogP contribution in [0.15, 0.2) is 64.3 Å². The number of carbonyl (C=O) groups is 1. The largest absolute Gasteiger partial charge is 0.347 e. The van der Waals surface area contributed by atoms with E-state index in [4.69, 9.17) is 0 Å². The van der Waals surface area contributed by atoms with E-state index in [1.807, 2.05) is 48.5 Å². The van der Waals surface area contributed by atoms with Gasteiger partial charge in [-0.2, -0.15) is 8.75 Å². The molecule has 2 aromatic carbocycles. The quantitative estimate of drug-likeness (QED) is 0.432. The van der Waals surface area contributed by atoms with Crippen LogP contribution in [0.5, 0.6) is 0 Å². The summed E-state index contributed by atoms with van der Waals surface area (Å²) in [6.45, 7) is 2.16. The Morgan fingerprint density at radius 1 is 1.03 bits per heavy atom. The van der Waals surface area contributed by atoms with Crippen LogP contribution in [0.25, 0.3) is 15.9 Å². The number of carbonyl (C=O) groups excluding carboxylic acids is 1. The third kappa shape index (κ3) is 3.63. The van der Waals surface area contributed by atoms with Crippen molar-refractivity contribution in [2.45, 2.75) is 20.0 Å². The molecule has 5 rings (SSSR count). The van der Waals surface area contributed by atoms with Crippen LogP contribution in [0.3, 0.4) is 0 Å². The van der Waals surface area contributed by atoms with Crippen molar-refractivity contribution >= 4 is 44.8 Å². The maximum atomic E-state index is 13.0. The molecule has 1 N–H and O–H groups in total. The summed E-state index contributed by atoms with van der Waals surface area (Å²) in [7, 11) is 0. The fourth-order valence-electron chi connectivity index (χ4n) is 3.48. The maximum absolute atomic E-state index is 13.0. The van der Waals surface area contributed by atoms with E-state index >= 15 is 0 Å². The van der Waals surface area contributed by atoms with Gasteiger partial charge in [0.2, 0.25) is 0 Å². The van der Waals surface area contributed by atoms with Gasteiger partial charge in [0.15, 0.2) is 0 Å². The molecule has 0 unspecified atom stereocenters. The molecule has 5 aromatic rings. The Balaban J connectivity index is 1.43. The van der Waals surface area contributed by atoms with Crippen molar-refractivity contribution in [3.63, 3.8) is 0 Å². The molecule has 0 spiro atoms. The molecule has 1 amide bonds. The van der Waals surface area contributed by atoms with Crippen molar-refractivity contribution in [3.8, 4) is 0 Å². The number of thiazole rings is 1. The molecule has 0 saturated heterocycles. The number of amides is 1. The Hall–Kier alpha value is -3.63. The van der Waals surface area contributed by atoms with Crippen molar-refractivity contribution < 1.29 is 4.79 Å². The van der Waals surface area contributed by atoms with Crippen LogP contribution in [0.1, 0.15) is 26.4 Å². The SMILES string of the molecule is Cc1c(=O)n(Cc2ccccc2)c(=O)n2cc(C(=O)NCc3ccc4nsnc4c3)sc12. The summed E-state index contributed by atoms with van der Waals surface area (Å²) in [5.74, 6) is -0.309. The molecule has 32 heavy (non-hydrogen) atoms. The zero-order chi connectivity index (χ0) is 22.2. The lowest BCUT2D eigenvalue weighted by Crippen LogP contribution is -2.38. The number of fused-ring (bicyclic) bond motifs is 2. The highest BCUT2D eigenvalue weighted by Gasteiger charge is 2.17. The number of nitrogens with zero attached hydrogens (tertiary/aromatic N) is 4. The Kier molecular flexibility index (Phi) is 5.16. The molecule has 10 heteroatoms. The topological polar surface area (TPSA) is 98.4 Å². The van der Waals surface area contributed by atoms with Gasteiger partial charge < -0.3 is 5.32 Å². The predicted octanol–water partition coefficient (Wildman–Crippen LogP) is 2.81. The molecule has 0 bridgehead atoms. The van der Waals surface area contributed by atoms with Crippen molar-refractivity contribution in [1.29, 1.82) is 0 Å². The first-order chi connectivity index (χ1) is 15.5. The number of benzene rings is 2. The molecule has 160 valence electrons. The van der Waals surface area contributed by atoms with Gasteiger partial charge in [0.25, 0.3) is 11.5 Å². The minimum Gasteiger partial charge on any atom is -0.347 e. The summed E-state index contributed by atoms with van der Waals surface area (Å²) in [6, 6.07) is 15.0. The Morgan fingerprint density at radius 2 is 1.81 bits per heavy atom. The third-order valence-electron chi connectivity index (χ3n) is 5.17. The van der Waals surface area contributed by atoms with Crippen LogP contribution in [0.2, 0.25) is 0 Å². The molecule has 0 saturated carbocycles. The van der Waals surface area contributed by atoms with Crippen molar-refractivity contribution in [2.24, 2.45) is 0 Å². The number of aromatic nitrogens is 4. The Labute approximate surface area is 189 Å².